The molecule has 28 heavy (non-hydrogen) atoms. The smallest absolute Gasteiger partial charge is 0.277 e. The van der Waals surface area contributed by atoms with Crippen LogP contribution in [0.3, 0.4) is 0 Å². The first kappa shape index (κ1) is 19.4. The molecule has 0 aliphatic rings. The summed E-state index contributed by atoms with van der Waals surface area (Å²) >= 11 is 0. The zero-order valence-corrected chi connectivity index (χ0v) is 15.9. The second-order valence-corrected chi connectivity index (χ2v) is 6.33. The van der Waals surface area contributed by atoms with Gasteiger partial charge in [0.15, 0.2) is 6.61 Å². The van der Waals surface area contributed by atoms with E-state index in [1.54, 1.807) is 6.21 Å². The first-order chi connectivity index (χ1) is 13.8. The van der Waals surface area contributed by atoms with Crippen molar-refractivity contribution in [2.24, 2.45) is 5.10 Å². The van der Waals surface area contributed by atoms with Gasteiger partial charge in [0.1, 0.15) is 11.5 Å². The van der Waals surface area contributed by atoms with E-state index >= 15 is 0 Å². The highest BCUT2D eigenvalue weighted by Gasteiger charge is 2.05. The fourth-order valence-corrected chi connectivity index (χ4v) is 2.66. The fraction of sp³-hybridized carbons (Fsp3) is 0.217. The zero-order chi connectivity index (χ0) is 19.6. The number of unbranched alkanes of at least 4 members (excludes halogenated alkanes) is 1. The van der Waals surface area contributed by atoms with E-state index in [1.165, 1.54) is 0 Å². The van der Waals surface area contributed by atoms with E-state index in [9.17, 15) is 4.79 Å². The number of rotatable bonds is 9. The molecule has 0 bridgehead atoms. The van der Waals surface area contributed by atoms with E-state index in [0.29, 0.717) is 5.75 Å². The summed E-state index contributed by atoms with van der Waals surface area (Å²) in [5.74, 6) is 1.19. The van der Waals surface area contributed by atoms with Crippen LogP contribution in [-0.4, -0.2) is 25.3 Å². The van der Waals surface area contributed by atoms with Gasteiger partial charge in [-0.15, -0.1) is 0 Å². The monoisotopic (exact) mass is 376 g/mol. The Morgan fingerprint density at radius 1 is 1.00 bits per heavy atom. The highest BCUT2D eigenvalue weighted by Crippen LogP contribution is 2.24. The second kappa shape index (κ2) is 10.1. The topological polar surface area (TPSA) is 59.9 Å². The molecule has 3 aromatic rings. The Morgan fingerprint density at radius 3 is 2.61 bits per heavy atom. The Balaban J connectivity index is 1.47. The average Bonchev–Trinajstić information content (AvgIpc) is 2.73. The molecule has 1 amide bonds. The molecule has 144 valence electrons. The molecular weight excluding hydrogens is 352 g/mol. The third-order valence-electron chi connectivity index (χ3n) is 4.16. The van der Waals surface area contributed by atoms with E-state index in [2.05, 4.69) is 17.5 Å². The maximum absolute atomic E-state index is 12.0. The molecule has 0 heterocycles. The summed E-state index contributed by atoms with van der Waals surface area (Å²) in [7, 11) is 0. The highest BCUT2D eigenvalue weighted by atomic mass is 16.5. The minimum Gasteiger partial charge on any atom is -0.494 e. The number of carbonyl (C=O) groups is 1. The molecule has 1 N–H and O–H groups in total. The Bertz CT molecular complexity index is 931. The van der Waals surface area contributed by atoms with Gasteiger partial charge in [-0.25, -0.2) is 5.43 Å². The van der Waals surface area contributed by atoms with Crippen LogP contribution in [0, 0.1) is 0 Å². The van der Waals surface area contributed by atoms with E-state index < -0.39 is 0 Å². The summed E-state index contributed by atoms with van der Waals surface area (Å²) in [6.07, 6.45) is 3.73. The Hall–Kier alpha value is -3.34. The molecule has 3 rings (SSSR count). The van der Waals surface area contributed by atoms with Gasteiger partial charge < -0.3 is 9.47 Å². The van der Waals surface area contributed by atoms with Crippen LogP contribution in [0.2, 0.25) is 0 Å². The molecule has 5 heteroatoms. The lowest BCUT2D eigenvalue weighted by molar-refractivity contribution is -0.123. The number of ether oxygens (including phenoxy) is 2. The number of fused-ring (bicyclic) bond motifs is 1. The van der Waals surface area contributed by atoms with Crippen molar-refractivity contribution in [3.63, 3.8) is 0 Å². The van der Waals surface area contributed by atoms with Gasteiger partial charge in [0.05, 0.1) is 12.8 Å². The summed E-state index contributed by atoms with van der Waals surface area (Å²) in [5.41, 5.74) is 3.35. The molecule has 5 nitrogen and oxygen atoms in total. The number of amides is 1. The quantitative estimate of drug-likeness (QED) is 0.339. The molecule has 0 aliphatic carbocycles. The number of benzene rings is 3. The number of hydrogen-bond acceptors (Lipinski definition) is 4. The third-order valence-corrected chi connectivity index (χ3v) is 4.16. The van der Waals surface area contributed by atoms with E-state index in [0.717, 1.165) is 41.5 Å². The summed E-state index contributed by atoms with van der Waals surface area (Å²) in [6.45, 7) is 2.75. The average molecular weight is 376 g/mol. The first-order valence-corrected chi connectivity index (χ1v) is 9.41. The van der Waals surface area contributed by atoms with Crippen molar-refractivity contribution in [2.75, 3.05) is 13.2 Å². The third kappa shape index (κ3) is 5.58. The van der Waals surface area contributed by atoms with Gasteiger partial charge in [-0.05, 0) is 47.7 Å². The fourth-order valence-electron chi connectivity index (χ4n) is 2.66. The molecule has 0 fully saturated rings. The van der Waals surface area contributed by atoms with Crippen LogP contribution in [0.4, 0.5) is 0 Å². The van der Waals surface area contributed by atoms with Gasteiger partial charge in [0.25, 0.3) is 5.91 Å². The minimum atomic E-state index is -0.316. The lowest BCUT2D eigenvalue weighted by atomic mass is 10.1. The second-order valence-electron chi connectivity index (χ2n) is 6.33. The minimum absolute atomic E-state index is 0.102. The Kier molecular flexibility index (Phi) is 7.01. The Labute approximate surface area is 165 Å². The molecule has 0 saturated carbocycles. The van der Waals surface area contributed by atoms with Crippen molar-refractivity contribution in [2.45, 2.75) is 19.8 Å². The molecule has 0 unspecified atom stereocenters. The van der Waals surface area contributed by atoms with Gasteiger partial charge in [0.2, 0.25) is 0 Å². The van der Waals surface area contributed by atoms with Gasteiger partial charge in [0, 0.05) is 5.39 Å². The van der Waals surface area contributed by atoms with Crippen LogP contribution in [-0.2, 0) is 4.79 Å². The van der Waals surface area contributed by atoms with Gasteiger partial charge >= 0.3 is 0 Å². The maximum Gasteiger partial charge on any atom is 0.277 e. The van der Waals surface area contributed by atoms with E-state index in [-0.39, 0.29) is 12.5 Å². The molecule has 0 aliphatic heterocycles. The van der Waals surface area contributed by atoms with Crippen LogP contribution in [0.1, 0.15) is 25.3 Å². The normalized spacial score (nSPS) is 10.9. The van der Waals surface area contributed by atoms with Crippen molar-refractivity contribution in [3.05, 3.63) is 72.3 Å². The van der Waals surface area contributed by atoms with Crippen LogP contribution in [0.15, 0.2) is 71.8 Å². The molecular formula is C23H24N2O3. The predicted molar refractivity (Wildman–Crippen MR) is 112 cm³/mol. The number of nitrogens with zero attached hydrogens (tertiary/aromatic N) is 1. The standard InChI is InChI=1S/C23H24N2O3/c1-2-3-15-27-20-13-11-18(12-14-20)16-24-25-23(26)17-28-22-10-6-8-19-7-4-5-9-21(19)22/h4-14,16H,2-3,15,17H2,1H3,(H,25,26)/b24-16+. The molecule has 3 aromatic carbocycles. The Morgan fingerprint density at radius 2 is 1.79 bits per heavy atom. The van der Waals surface area contributed by atoms with Crippen molar-refractivity contribution in [1.82, 2.24) is 5.43 Å². The van der Waals surface area contributed by atoms with Gasteiger partial charge in [-0.3, -0.25) is 4.79 Å². The van der Waals surface area contributed by atoms with E-state index in [1.807, 2.05) is 66.7 Å². The van der Waals surface area contributed by atoms with E-state index in [4.69, 9.17) is 9.47 Å². The SMILES string of the molecule is CCCCOc1ccc(/C=N/NC(=O)COc2cccc3ccccc23)cc1. The maximum atomic E-state index is 12.0. The van der Waals surface area contributed by atoms with Crippen LogP contribution >= 0.6 is 0 Å². The van der Waals surface area contributed by atoms with Gasteiger partial charge in [-0.1, -0.05) is 49.7 Å². The summed E-state index contributed by atoms with van der Waals surface area (Å²) in [6, 6.07) is 21.2. The summed E-state index contributed by atoms with van der Waals surface area (Å²) < 4.78 is 11.3. The first-order valence-electron chi connectivity index (χ1n) is 9.41. The molecule has 0 saturated heterocycles. The van der Waals surface area contributed by atoms with Crippen molar-refractivity contribution in [1.29, 1.82) is 0 Å². The number of carbonyl (C=O) groups excluding carboxylic acids is 1. The highest BCUT2D eigenvalue weighted by molar-refractivity contribution is 5.89. The van der Waals surface area contributed by atoms with Crippen LogP contribution in [0.5, 0.6) is 11.5 Å². The molecule has 0 spiro atoms. The largest absolute Gasteiger partial charge is 0.494 e. The van der Waals surface area contributed by atoms with Crippen molar-refractivity contribution in [3.8, 4) is 11.5 Å². The van der Waals surface area contributed by atoms with Crippen molar-refractivity contribution >= 4 is 22.9 Å². The number of hydrogen-bond donors (Lipinski definition) is 1. The predicted octanol–water partition coefficient (Wildman–Crippen LogP) is 4.55. The zero-order valence-electron chi connectivity index (χ0n) is 15.9. The van der Waals surface area contributed by atoms with Crippen LogP contribution in [0.25, 0.3) is 10.8 Å². The van der Waals surface area contributed by atoms with Gasteiger partial charge in [-0.2, -0.15) is 5.10 Å². The molecule has 0 aromatic heterocycles. The lowest BCUT2D eigenvalue weighted by Crippen LogP contribution is -2.24. The lowest BCUT2D eigenvalue weighted by Gasteiger charge is -2.08. The molecule has 0 atom stereocenters. The summed E-state index contributed by atoms with van der Waals surface area (Å²) in [4.78, 5) is 12.0. The van der Waals surface area contributed by atoms with Crippen molar-refractivity contribution < 1.29 is 14.3 Å². The number of hydrazone groups is 1. The number of nitrogens with one attached hydrogen (secondary N) is 1. The van der Waals surface area contributed by atoms with Crippen LogP contribution < -0.4 is 14.9 Å². The molecule has 0 radical (unpaired) electrons. The summed E-state index contributed by atoms with van der Waals surface area (Å²) in [5, 5.41) is 6.02.